The molecule has 0 aliphatic heterocycles. The topological polar surface area (TPSA) is 94.5 Å². The summed E-state index contributed by atoms with van der Waals surface area (Å²) < 4.78 is 0. The summed E-state index contributed by atoms with van der Waals surface area (Å²) in [4.78, 5) is 0. The van der Waals surface area contributed by atoms with E-state index >= 15 is 0 Å². The van der Waals surface area contributed by atoms with E-state index in [0.717, 1.165) is 0 Å². The quantitative estimate of drug-likeness (QED) is 0.505. The van der Waals surface area contributed by atoms with Gasteiger partial charge in [-0.15, -0.1) is 0 Å². The first-order chi connectivity index (χ1) is 1.73. The average Bonchev–Trinajstić information content (AvgIpc) is 0.811. The minimum Gasteiger partial charge on any atom is -0.693 e. The molecule has 0 fully saturated rings. The fourth-order valence-corrected chi connectivity index (χ4v) is 0. The molecule has 0 amide bonds. The molecule has 0 unspecified atom stereocenters. The molecule has 0 spiro atoms. The Bertz CT molecular complexity index is 14.9. The summed E-state index contributed by atoms with van der Waals surface area (Å²) in [6.45, 7) is 3.89. The van der Waals surface area contributed by atoms with Crippen molar-refractivity contribution in [2.45, 2.75) is 19.9 Å². The maximum absolute atomic E-state index is 5.11. The van der Waals surface area contributed by atoms with Crippen molar-refractivity contribution in [1.82, 2.24) is 6.15 Å². The van der Waals surface area contributed by atoms with E-state index < -0.39 is 0 Å². The number of rotatable bonds is 0. The molecule has 0 aromatic rings. The van der Waals surface area contributed by atoms with Crippen LogP contribution in [0, 0.1) is 0 Å². The first-order valence-electron chi connectivity index (χ1n) is 1.49. The molecule has 0 aromatic heterocycles. The van der Waals surface area contributed by atoms with E-state index in [4.69, 9.17) is 5.73 Å². The molecular formula is C3H14FeN3-. The summed E-state index contributed by atoms with van der Waals surface area (Å²) in [5.74, 6) is 0. The van der Waals surface area contributed by atoms with E-state index in [0.29, 0.717) is 6.04 Å². The largest absolute Gasteiger partial charge is 0.693 e. The normalized spacial score (nSPS) is 5.14. The predicted octanol–water partition coefficient (Wildman–Crippen LogP) is 1.23. The van der Waals surface area contributed by atoms with Crippen LogP contribution in [0.5, 0.6) is 0 Å². The van der Waals surface area contributed by atoms with Gasteiger partial charge in [-0.25, -0.2) is 0 Å². The molecule has 0 aliphatic rings. The van der Waals surface area contributed by atoms with E-state index in [9.17, 15) is 0 Å². The first-order valence-corrected chi connectivity index (χ1v) is 1.49. The second-order valence-corrected chi connectivity index (χ2v) is 1.24. The summed E-state index contributed by atoms with van der Waals surface area (Å²) in [5, 5.41) is 0. The zero-order valence-electron chi connectivity index (χ0n) is 4.79. The molecule has 3 nitrogen and oxygen atoms in total. The van der Waals surface area contributed by atoms with Gasteiger partial charge in [0.05, 0.1) is 0 Å². The third-order valence-corrected chi connectivity index (χ3v) is 0. The van der Waals surface area contributed by atoms with Crippen molar-refractivity contribution in [2.24, 2.45) is 5.73 Å². The first kappa shape index (κ1) is 26.2. The Kier molecular flexibility index (Phi) is 60.5. The van der Waals surface area contributed by atoms with Crippen LogP contribution in [0.15, 0.2) is 0 Å². The van der Waals surface area contributed by atoms with Crippen molar-refractivity contribution in [3.05, 3.63) is 6.15 Å². The Morgan fingerprint density at radius 2 is 1.29 bits per heavy atom. The Morgan fingerprint density at radius 3 is 1.29 bits per heavy atom. The summed E-state index contributed by atoms with van der Waals surface area (Å²) in [6, 6.07) is 0.333. The fourth-order valence-electron chi connectivity index (χ4n) is 0. The number of nitrogens with two attached hydrogens (primary N) is 2. The Labute approximate surface area is 55.7 Å². The molecule has 0 aromatic carbocycles. The molecule has 0 saturated heterocycles. The van der Waals surface area contributed by atoms with Crippen molar-refractivity contribution < 1.29 is 17.1 Å². The molecule has 0 aliphatic carbocycles. The standard InChI is InChI=1S/C3H9N.Fe.H3N.H2N/c1-3(2)4;;;/h3H,4H2,1-2H3;;1H3;1H2/q;;;-1. The fraction of sp³-hybridized carbons (Fsp3) is 1.00. The summed E-state index contributed by atoms with van der Waals surface area (Å²) in [7, 11) is 0. The maximum Gasteiger partial charge on any atom is 0 e. The van der Waals surface area contributed by atoms with Crippen LogP contribution in [-0.2, 0) is 17.1 Å². The van der Waals surface area contributed by atoms with Crippen molar-refractivity contribution in [1.29, 1.82) is 0 Å². The molecule has 0 radical (unpaired) electrons. The van der Waals surface area contributed by atoms with Gasteiger partial charge in [0.15, 0.2) is 0 Å². The molecule has 7 heavy (non-hydrogen) atoms. The average molecular weight is 148 g/mol. The molecular weight excluding hydrogens is 134 g/mol. The van der Waals surface area contributed by atoms with Gasteiger partial charge in [-0.3, -0.25) is 0 Å². The third-order valence-electron chi connectivity index (χ3n) is 0. The van der Waals surface area contributed by atoms with Crippen LogP contribution in [0.25, 0.3) is 6.15 Å². The van der Waals surface area contributed by atoms with E-state index in [1.165, 1.54) is 0 Å². The van der Waals surface area contributed by atoms with Crippen molar-refractivity contribution in [2.75, 3.05) is 0 Å². The molecule has 50 valence electrons. The van der Waals surface area contributed by atoms with Gasteiger partial charge in [0.2, 0.25) is 0 Å². The smallest absolute Gasteiger partial charge is 0 e. The predicted molar refractivity (Wildman–Crippen MR) is 29.6 cm³/mol. The van der Waals surface area contributed by atoms with Crippen LogP contribution in [0.4, 0.5) is 0 Å². The number of hydrogen-bond donors (Lipinski definition) is 2. The van der Waals surface area contributed by atoms with Gasteiger partial charge in [-0.1, -0.05) is 13.8 Å². The SMILES string of the molecule is CC(C)N.N.[Fe].[NH2-]. The van der Waals surface area contributed by atoms with Crippen LogP contribution in [-0.4, -0.2) is 6.04 Å². The second kappa shape index (κ2) is 16.1. The van der Waals surface area contributed by atoms with Crippen LogP contribution in [0.3, 0.4) is 0 Å². The zero-order valence-corrected chi connectivity index (χ0v) is 5.90. The van der Waals surface area contributed by atoms with E-state index in [2.05, 4.69) is 0 Å². The van der Waals surface area contributed by atoms with E-state index in [1.807, 2.05) is 13.8 Å². The summed E-state index contributed by atoms with van der Waals surface area (Å²) in [5.41, 5.74) is 5.11. The number of hydrogen-bond acceptors (Lipinski definition) is 2. The Morgan fingerprint density at radius 1 is 1.29 bits per heavy atom. The van der Waals surface area contributed by atoms with Crippen LogP contribution < -0.4 is 11.9 Å². The van der Waals surface area contributed by atoms with Gasteiger partial charge in [-0.2, -0.15) is 0 Å². The van der Waals surface area contributed by atoms with Gasteiger partial charge < -0.3 is 18.0 Å². The van der Waals surface area contributed by atoms with Gasteiger partial charge in [-0.05, 0) is 6.04 Å². The Balaban J connectivity index is -0.0000000150. The van der Waals surface area contributed by atoms with Gasteiger partial charge >= 0.3 is 0 Å². The monoisotopic (exact) mass is 148 g/mol. The molecule has 7 N–H and O–H groups in total. The molecule has 0 bridgehead atoms. The van der Waals surface area contributed by atoms with Crippen LogP contribution >= 0.6 is 0 Å². The maximum atomic E-state index is 5.11. The zero-order chi connectivity index (χ0) is 3.58. The summed E-state index contributed by atoms with van der Waals surface area (Å²) in [6.07, 6.45) is 0. The molecule has 0 heterocycles. The second-order valence-electron chi connectivity index (χ2n) is 1.24. The van der Waals surface area contributed by atoms with Gasteiger partial charge in [0.1, 0.15) is 0 Å². The van der Waals surface area contributed by atoms with Crippen LogP contribution in [0.1, 0.15) is 13.8 Å². The molecule has 4 heteroatoms. The van der Waals surface area contributed by atoms with Crippen molar-refractivity contribution in [3.63, 3.8) is 0 Å². The van der Waals surface area contributed by atoms with Crippen LogP contribution in [0.2, 0.25) is 0 Å². The minimum absolute atomic E-state index is 0. The molecule has 0 rings (SSSR count). The van der Waals surface area contributed by atoms with Gasteiger partial charge in [0, 0.05) is 17.1 Å². The Hall–Kier alpha value is 0.399. The molecule has 0 atom stereocenters. The van der Waals surface area contributed by atoms with Crippen molar-refractivity contribution in [3.8, 4) is 0 Å². The summed E-state index contributed by atoms with van der Waals surface area (Å²) >= 11 is 0. The van der Waals surface area contributed by atoms with E-state index in [-0.39, 0.29) is 29.4 Å². The third kappa shape index (κ3) is 776. The van der Waals surface area contributed by atoms with E-state index in [1.54, 1.807) is 0 Å². The molecule has 0 saturated carbocycles. The van der Waals surface area contributed by atoms with Crippen molar-refractivity contribution >= 4 is 0 Å². The minimum atomic E-state index is 0. The van der Waals surface area contributed by atoms with Gasteiger partial charge in [0.25, 0.3) is 0 Å².